The van der Waals surface area contributed by atoms with Crippen molar-refractivity contribution in [2.75, 3.05) is 22.9 Å². The van der Waals surface area contributed by atoms with Crippen LogP contribution in [0.4, 0.5) is 24.9 Å². The van der Waals surface area contributed by atoms with E-state index in [-0.39, 0.29) is 17.6 Å². The monoisotopic (exact) mass is 380 g/mol. The third kappa shape index (κ3) is 3.14. The summed E-state index contributed by atoms with van der Waals surface area (Å²) in [6.07, 6.45) is 0.160. The van der Waals surface area contributed by atoms with Crippen LogP contribution in [-0.4, -0.2) is 51.2 Å². The van der Waals surface area contributed by atoms with E-state index in [0.29, 0.717) is 24.9 Å². The number of nitrogens with one attached hydrogen (secondary N) is 1. The fourth-order valence-corrected chi connectivity index (χ4v) is 3.60. The Morgan fingerprint density at radius 1 is 1.15 bits per heavy atom. The lowest BCUT2D eigenvalue weighted by Crippen LogP contribution is -2.47. The molecular formula is C16H15F3N6O2. The molecule has 0 aromatic carbocycles. The van der Waals surface area contributed by atoms with Crippen LogP contribution in [0.25, 0.3) is 0 Å². The fourth-order valence-electron chi connectivity index (χ4n) is 3.60. The molecule has 2 aromatic heterocycles. The smallest absolute Gasteiger partial charge is 0.350 e. The average Bonchev–Trinajstić information content (AvgIpc) is 3.28. The van der Waals surface area contributed by atoms with Gasteiger partial charge in [0.05, 0.1) is 23.2 Å². The Balaban J connectivity index is 1.49. The molecule has 2 saturated heterocycles. The molecule has 0 aliphatic carbocycles. The molecule has 2 aliphatic rings. The Bertz CT molecular complexity index is 860. The number of hydroxylamine groups is 1. The summed E-state index contributed by atoms with van der Waals surface area (Å²) in [6.45, 7) is 1.06. The van der Waals surface area contributed by atoms with Crippen molar-refractivity contribution in [1.29, 1.82) is 0 Å². The summed E-state index contributed by atoms with van der Waals surface area (Å²) in [6, 6.07) is 2.09. The van der Waals surface area contributed by atoms with Crippen LogP contribution in [0.1, 0.15) is 22.3 Å². The Labute approximate surface area is 151 Å². The molecule has 2 bridgehead atoms. The first-order valence-corrected chi connectivity index (χ1v) is 8.20. The van der Waals surface area contributed by atoms with E-state index >= 15 is 0 Å². The van der Waals surface area contributed by atoms with Crippen molar-refractivity contribution in [3.63, 3.8) is 0 Å². The highest BCUT2D eigenvalue weighted by Crippen LogP contribution is 2.37. The molecule has 2 aliphatic heterocycles. The first kappa shape index (κ1) is 17.5. The molecule has 2 N–H and O–H groups in total. The van der Waals surface area contributed by atoms with Gasteiger partial charge in [-0.3, -0.25) is 10.0 Å². The molecule has 2 aromatic rings. The number of pyridine rings is 1. The second-order valence-electron chi connectivity index (χ2n) is 6.46. The molecule has 0 radical (unpaired) electrons. The van der Waals surface area contributed by atoms with E-state index < -0.39 is 17.6 Å². The third-order valence-electron chi connectivity index (χ3n) is 4.87. The van der Waals surface area contributed by atoms with Gasteiger partial charge in [0, 0.05) is 31.7 Å². The number of aromatic nitrogens is 3. The molecule has 1 amide bonds. The number of alkyl halides is 3. The lowest BCUT2D eigenvalue weighted by Gasteiger charge is -2.35. The van der Waals surface area contributed by atoms with Crippen LogP contribution in [0.3, 0.4) is 0 Å². The molecule has 8 nitrogen and oxygen atoms in total. The van der Waals surface area contributed by atoms with Gasteiger partial charge in [-0.05, 0) is 18.6 Å². The lowest BCUT2D eigenvalue weighted by atomic mass is 10.2. The number of amides is 1. The van der Waals surface area contributed by atoms with Gasteiger partial charge in [0.2, 0.25) is 5.95 Å². The summed E-state index contributed by atoms with van der Waals surface area (Å²) in [5.74, 6) is 0.0489. The molecule has 0 unspecified atom stereocenters. The SMILES string of the molecule is O=C(NO)c1cnc(N2C[C@@H]3C[C@H]2CN3c2cc(C(F)(F)F)ccn2)nc1. The quantitative estimate of drug-likeness (QED) is 0.615. The molecule has 2 fully saturated rings. The van der Waals surface area contributed by atoms with Crippen molar-refractivity contribution in [3.05, 3.63) is 41.9 Å². The van der Waals surface area contributed by atoms with Gasteiger partial charge in [-0.1, -0.05) is 0 Å². The summed E-state index contributed by atoms with van der Waals surface area (Å²) in [4.78, 5) is 27.6. The van der Waals surface area contributed by atoms with Crippen LogP contribution in [0.2, 0.25) is 0 Å². The summed E-state index contributed by atoms with van der Waals surface area (Å²) >= 11 is 0. The van der Waals surface area contributed by atoms with E-state index in [9.17, 15) is 18.0 Å². The topological polar surface area (TPSA) is 94.5 Å². The van der Waals surface area contributed by atoms with Crippen molar-refractivity contribution >= 4 is 17.7 Å². The Morgan fingerprint density at radius 2 is 1.81 bits per heavy atom. The van der Waals surface area contributed by atoms with Gasteiger partial charge in [0.1, 0.15) is 5.82 Å². The predicted octanol–water partition coefficient (Wildman–Crippen LogP) is 1.48. The molecule has 142 valence electrons. The van der Waals surface area contributed by atoms with Crippen LogP contribution in [-0.2, 0) is 6.18 Å². The van der Waals surface area contributed by atoms with Crippen LogP contribution in [0, 0.1) is 0 Å². The van der Waals surface area contributed by atoms with Gasteiger partial charge in [-0.15, -0.1) is 0 Å². The molecule has 0 spiro atoms. The summed E-state index contributed by atoms with van der Waals surface area (Å²) in [7, 11) is 0. The van der Waals surface area contributed by atoms with Crippen molar-refractivity contribution in [1.82, 2.24) is 20.4 Å². The number of carbonyl (C=O) groups excluding carboxylic acids is 1. The highest BCUT2D eigenvalue weighted by atomic mass is 19.4. The molecule has 27 heavy (non-hydrogen) atoms. The summed E-state index contributed by atoms with van der Waals surface area (Å²) < 4.78 is 38.8. The van der Waals surface area contributed by atoms with Crippen molar-refractivity contribution in [2.45, 2.75) is 24.7 Å². The number of carbonyl (C=O) groups is 1. The highest BCUT2D eigenvalue weighted by Gasteiger charge is 2.45. The normalized spacial score (nSPS) is 21.6. The first-order valence-electron chi connectivity index (χ1n) is 8.20. The molecule has 2 atom stereocenters. The van der Waals surface area contributed by atoms with E-state index in [1.54, 1.807) is 0 Å². The Morgan fingerprint density at radius 3 is 2.41 bits per heavy atom. The molecule has 4 heterocycles. The van der Waals surface area contributed by atoms with E-state index in [4.69, 9.17) is 5.21 Å². The van der Waals surface area contributed by atoms with Crippen LogP contribution in [0.15, 0.2) is 30.7 Å². The molecule has 4 rings (SSSR count). The Hall–Kier alpha value is -2.95. The van der Waals surface area contributed by atoms with E-state index in [2.05, 4.69) is 15.0 Å². The lowest BCUT2D eigenvalue weighted by molar-refractivity contribution is -0.137. The van der Waals surface area contributed by atoms with Crippen molar-refractivity contribution < 1.29 is 23.2 Å². The predicted molar refractivity (Wildman–Crippen MR) is 87.4 cm³/mol. The second kappa shape index (κ2) is 6.34. The summed E-state index contributed by atoms with van der Waals surface area (Å²) in [5.41, 5.74) is 0.921. The fraction of sp³-hybridized carbons (Fsp3) is 0.375. The minimum absolute atomic E-state index is 0.00926. The maximum Gasteiger partial charge on any atom is 0.416 e. The zero-order valence-electron chi connectivity index (χ0n) is 13.9. The average molecular weight is 380 g/mol. The zero-order valence-corrected chi connectivity index (χ0v) is 13.9. The largest absolute Gasteiger partial charge is 0.416 e. The van der Waals surface area contributed by atoms with E-state index in [1.165, 1.54) is 24.1 Å². The van der Waals surface area contributed by atoms with Gasteiger partial charge in [-0.2, -0.15) is 13.2 Å². The minimum atomic E-state index is -4.40. The van der Waals surface area contributed by atoms with E-state index in [0.717, 1.165) is 18.6 Å². The Kier molecular flexibility index (Phi) is 4.10. The zero-order chi connectivity index (χ0) is 19.2. The molecule has 0 saturated carbocycles. The second-order valence-corrected chi connectivity index (χ2v) is 6.46. The number of fused-ring (bicyclic) bond motifs is 2. The van der Waals surface area contributed by atoms with Crippen LogP contribution in [0.5, 0.6) is 0 Å². The van der Waals surface area contributed by atoms with Crippen LogP contribution >= 0.6 is 0 Å². The first-order chi connectivity index (χ1) is 12.9. The molecule has 11 heteroatoms. The van der Waals surface area contributed by atoms with Gasteiger partial charge in [-0.25, -0.2) is 20.4 Å². The number of halogens is 3. The number of nitrogens with zero attached hydrogens (tertiary/aromatic N) is 5. The molecular weight excluding hydrogens is 365 g/mol. The number of hydrogen-bond acceptors (Lipinski definition) is 7. The highest BCUT2D eigenvalue weighted by molar-refractivity contribution is 5.92. The van der Waals surface area contributed by atoms with E-state index in [1.807, 2.05) is 9.80 Å². The number of piperazine rings is 1. The number of rotatable bonds is 3. The van der Waals surface area contributed by atoms with Crippen LogP contribution < -0.4 is 15.3 Å². The number of anilines is 2. The van der Waals surface area contributed by atoms with Gasteiger partial charge in [0.25, 0.3) is 5.91 Å². The van der Waals surface area contributed by atoms with Crippen molar-refractivity contribution in [3.8, 4) is 0 Å². The minimum Gasteiger partial charge on any atom is -0.350 e. The third-order valence-corrected chi connectivity index (χ3v) is 4.87. The van der Waals surface area contributed by atoms with Crippen molar-refractivity contribution in [2.24, 2.45) is 0 Å². The summed E-state index contributed by atoms with van der Waals surface area (Å²) in [5, 5.41) is 8.61. The van der Waals surface area contributed by atoms with Gasteiger partial charge >= 0.3 is 6.18 Å². The number of hydrogen-bond donors (Lipinski definition) is 2. The standard InChI is InChI=1S/C16H15F3N6O2/c17-16(18,19)10-1-2-20-13(3-10)24-7-12-4-11(24)8-25(12)15-21-5-9(6-22-15)14(26)23-27/h1-3,5-6,11-12,27H,4,7-8H2,(H,23,26)/t11-,12-/m0/s1. The van der Waals surface area contributed by atoms with Gasteiger partial charge < -0.3 is 9.80 Å². The van der Waals surface area contributed by atoms with Gasteiger partial charge in [0.15, 0.2) is 0 Å². The maximum absolute atomic E-state index is 12.9. The maximum atomic E-state index is 12.9.